The fourth-order valence-electron chi connectivity index (χ4n) is 1.87. The van der Waals surface area contributed by atoms with E-state index in [4.69, 9.17) is 4.74 Å². The molecule has 0 heterocycles. The van der Waals surface area contributed by atoms with E-state index >= 15 is 0 Å². The highest BCUT2D eigenvalue weighted by atomic mass is 16.6. The van der Waals surface area contributed by atoms with Gasteiger partial charge in [0, 0.05) is 31.8 Å². The molecule has 7 heteroatoms. The van der Waals surface area contributed by atoms with Crippen molar-refractivity contribution < 1.29 is 24.9 Å². The highest BCUT2D eigenvalue weighted by molar-refractivity contribution is 5.87. The SMILES string of the molecule is C=C(C)C(=O)OC(CNCC(C)O)N(CC(C)O)CC(C)O. The fourth-order valence-corrected chi connectivity index (χ4v) is 1.87. The average Bonchev–Trinajstić information content (AvgIpc) is 2.34. The van der Waals surface area contributed by atoms with Crippen LogP contribution >= 0.6 is 0 Å². The Morgan fingerprint density at radius 2 is 1.59 bits per heavy atom. The third-order valence-electron chi connectivity index (χ3n) is 2.75. The van der Waals surface area contributed by atoms with Crippen LogP contribution in [0.15, 0.2) is 12.2 Å². The molecule has 0 saturated carbocycles. The van der Waals surface area contributed by atoms with Crippen molar-refractivity contribution in [1.82, 2.24) is 10.2 Å². The minimum absolute atomic E-state index is 0.245. The molecule has 0 radical (unpaired) electrons. The maximum absolute atomic E-state index is 11.8. The quantitative estimate of drug-likeness (QED) is 0.231. The number of nitrogens with zero attached hydrogens (tertiary/aromatic N) is 1. The number of aliphatic hydroxyl groups excluding tert-OH is 3. The Bertz CT molecular complexity index is 335. The zero-order valence-corrected chi connectivity index (χ0v) is 14.0. The molecule has 0 fully saturated rings. The molecule has 4 unspecified atom stereocenters. The molecule has 0 aliphatic carbocycles. The molecule has 0 aliphatic rings. The summed E-state index contributed by atoms with van der Waals surface area (Å²) < 4.78 is 5.38. The zero-order valence-electron chi connectivity index (χ0n) is 14.0. The highest BCUT2D eigenvalue weighted by Crippen LogP contribution is 2.07. The number of rotatable bonds is 11. The first-order valence-corrected chi connectivity index (χ1v) is 7.48. The smallest absolute Gasteiger partial charge is 0.334 e. The van der Waals surface area contributed by atoms with Crippen molar-refractivity contribution in [3.8, 4) is 0 Å². The van der Waals surface area contributed by atoms with Gasteiger partial charge in [0.1, 0.15) is 0 Å². The second kappa shape index (κ2) is 10.7. The Labute approximate surface area is 132 Å². The van der Waals surface area contributed by atoms with Gasteiger partial charge in [-0.25, -0.2) is 4.79 Å². The first-order chi connectivity index (χ1) is 10.1. The van der Waals surface area contributed by atoms with E-state index in [-0.39, 0.29) is 25.2 Å². The Morgan fingerprint density at radius 3 is 1.95 bits per heavy atom. The number of carbonyl (C=O) groups is 1. The van der Waals surface area contributed by atoms with Crippen molar-refractivity contribution in [1.29, 1.82) is 0 Å². The van der Waals surface area contributed by atoms with Crippen molar-refractivity contribution in [2.45, 2.75) is 52.2 Å². The molecule has 0 aromatic heterocycles. The molecule has 0 amide bonds. The minimum atomic E-state index is -0.674. The van der Waals surface area contributed by atoms with Crippen LogP contribution in [0.4, 0.5) is 0 Å². The van der Waals surface area contributed by atoms with Gasteiger partial charge in [-0.15, -0.1) is 0 Å². The van der Waals surface area contributed by atoms with Gasteiger partial charge in [0.05, 0.1) is 18.3 Å². The lowest BCUT2D eigenvalue weighted by Gasteiger charge is -2.33. The van der Waals surface area contributed by atoms with Gasteiger partial charge in [0.2, 0.25) is 0 Å². The van der Waals surface area contributed by atoms with Crippen molar-refractivity contribution >= 4 is 5.97 Å². The van der Waals surface area contributed by atoms with Gasteiger partial charge in [-0.2, -0.15) is 0 Å². The summed E-state index contributed by atoms with van der Waals surface area (Å²) in [4.78, 5) is 13.5. The molecule has 0 bridgehead atoms. The molecule has 0 aromatic rings. The summed E-state index contributed by atoms with van der Waals surface area (Å²) >= 11 is 0. The number of ether oxygens (including phenoxy) is 1. The largest absolute Gasteiger partial charge is 0.442 e. The number of esters is 1. The lowest BCUT2D eigenvalue weighted by molar-refractivity contribution is -0.156. The normalized spacial score (nSPS) is 16.9. The summed E-state index contributed by atoms with van der Waals surface area (Å²) in [5.74, 6) is -0.537. The summed E-state index contributed by atoms with van der Waals surface area (Å²) in [7, 11) is 0. The zero-order chi connectivity index (χ0) is 17.3. The number of hydrogen-bond acceptors (Lipinski definition) is 7. The van der Waals surface area contributed by atoms with Crippen LogP contribution in [0.2, 0.25) is 0 Å². The molecular weight excluding hydrogens is 288 g/mol. The van der Waals surface area contributed by atoms with Crippen LogP contribution in [-0.4, -0.2) is 76.9 Å². The van der Waals surface area contributed by atoms with Crippen molar-refractivity contribution in [2.24, 2.45) is 0 Å². The predicted octanol–water partition coefficient (Wildman–Crippen LogP) is -0.534. The van der Waals surface area contributed by atoms with Gasteiger partial charge in [0.25, 0.3) is 0 Å². The minimum Gasteiger partial charge on any atom is -0.442 e. The van der Waals surface area contributed by atoms with E-state index in [1.165, 1.54) is 0 Å². The first-order valence-electron chi connectivity index (χ1n) is 7.48. The lowest BCUT2D eigenvalue weighted by atomic mass is 10.2. The Kier molecular flexibility index (Phi) is 10.2. The van der Waals surface area contributed by atoms with Crippen LogP contribution < -0.4 is 5.32 Å². The predicted molar refractivity (Wildman–Crippen MR) is 84.2 cm³/mol. The summed E-state index contributed by atoms with van der Waals surface area (Å²) in [6.45, 7) is 11.1. The van der Waals surface area contributed by atoms with Gasteiger partial charge in [0.15, 0.2) is 6.23 Å². The van der Waals surface area contributed by atoms with E-state index in [1.807, 2.05) is 0 Å². The first kappa shape index (κ1) is 21.0. The maximum Gasteiger partial charge on any atom is 0.334 e. The van der Waals surface area contributed by atoms with E-state index in [9.17, 15) is 20.1 Å². The van der Waals surface area contributed by atoms with Gasteiger partial charge in [-0.3, -0.25) is 4.90 Å². The Balaban J connectivity index is 4.92. The van der Waals surface area contributed by atoms with E-state index < -0.39 is 30.5 Å². The summed E-state index contributed by atoms with van der Waals surface area (Å²) in [6.07, 6.45) is -2.48. The standard InChI is InChI=1S/C15H30N2O5/c1-10(2)15(21)22-14(7-16-6-11(3)18)17(8-12(4)19)9-13(5)20/h11-14,16,18-20H,1,6-9H2,2-5H3. The molecule has 0 spiro atoms. The van der Waals surface area contributed by atoms with E-state index in [1.54, 1.807) is 32.6 Å². The van der Waals surface area contributed by atoms with E-state index in [0.29, 0.717) is 6.54 Å². The summed E-state index contributed by atoms with van der Waals surface area (Å²) in [5.41, 5.74) is 0.273. The Hall–Kier alpha value is -0.990. The molecular formula is C15H30N2O5. The van der Waals surface area contributed by atoms with Crippen LogP contribution in [0.5, 0.6) is 0 Å². The lowest BCUT2D eigenvalue weighted by Crippen LogP contribution is -2.50. The highest BCUT2D eigenvalue weighted by Gasteiger charge is 2.25. The molecule has 130 valence electrons. The van der Waals surface area contributed by atoms with Crippen molar-refractivity contribution in [3.05, 3.63) is 12.2 Å². The monoisotopic (exact) mass is 318 g/mol. The summed E-state index contributed by atoms with van der Waals surface area (Å²) in [6, 6.07) is 0. The molecule has 0 aliphatic heterocycles. The maximum atomic E-state index is 11.8. The van der Waals surface area contributed by atoms with Gasteiger partial charge < -0.3 is 25.4 Å². The molecule has 7 nitrogen and oxygen atoms in total. The van der Waals surface area contributed by atoms with Crippen LogP contribution in [0.3, 0.4) is 0 Å². The number of nitrogens with one attached hydrogen (secondary N) is 1. The summed E-state index contributed by atoms with van der Waals surface area (Å²) in [5, 5.41) is 31.5. The van der Waals surface area contributed by atoms with Crippen LogP contribution in [0.25, 0.3) is 0 Å². The van der Waals surface area contributed by atoms with E-state index in [0.717, 1.165) is 0 Å². The van der Waals surface area contributed by atoms with E-state index in [2.05, 4.69) is 11.9 Å². The second-order valence-corrected chi connectivity index (χ2v) is 5.80. The Morgan fingerprint density at radius 1 is 1.09 bits per heavy atom. The van der Waals surface area contributed by atoms with Gasteiger partial charge in [-0.05, 0) is 27.7 Å². The number of carbonyl (C=O) groups excluding carboxylic acids is 1. The molecule has 22 heavy (non-hydrogen) atoms. The molecule has 4 N–H and O–H groups in total. The van der Waals surface area contributed by atoms with Gasteiger partial charge >= 0.3 is 5.97 Å². The van der Waals surface area contributed by atoms with Crippen LogP contribution in [0.1, 0.15) is 27.7 Å². The molecule has 0 saturated heterocycles. The van der Waals surface area contributed by atoms with Crippen LogP contribution in [-0.2, 0) is 9.53 Å². The molecule has 0 rings (SSSR count). The second-order valence-electron chi connectivity index (χ2n) is 5.80. The molecule has 0 aromatic carbocycles. The van der Waals surface area contributed by atoms with Crippen molar-refractivity contribution in [3.63, 3.8) is 0 Å². The van der Waals surface area contributed by atoms with Crippen molar-refractivity contribution in [2.75, 3.05) is 26.2 Å². The fraction of sp³-hybridized carbons (Fsp3) is 0.800. The average molecular weight is 318 g/mol. The third kappa shape index (κ3) is 9.86. The number of hydrogen-bond donors (Lipinski definition) is 4. The number of aliphatic hydroxyl groups is 3. The molecule has 4 atom stereocenters. The topological polar surface area (TPSA) is 102 Å². The third-order valence-corrected chi connectivity index (χ3v) is 2.75. The van der Waals surface area contributed by atoms with Crippen LogP contribution in [0, 0.1) is 0 Å². The van der Waals surface area contributed by atoms with Gasteiger partial charge in [-0.1, -0.05) is 6.58 Å².